The topological polar surface area (TPSA) is 46.5 Å². The third kappa shape index (κ3) is 2.63. The summed E-state index contributed by atoms with van der Waals surface area (Å²) >= 11 is 3.45. The van der Waals surface area contributed by atoms with Crippen molar-refractivity contribution >= 4 is 29.5 Å². The van der Waals surface area contributed by atoms with Gasteiger partial charge < -0.3 is 9.84 Å². The lowest BCUT2D eigenvalue weighted by Crippen LogP contribution is -2.38. The summed E-state index contributed by atoms with van der Waals surface area (Å²) in [4.78, 5) is 11.3. The maximum absolute atomic E-state index is 11.3. The third-order valence-electron chi connectivity index (χ3n) is 2.94. The molecule has 2 heterocycles. The van der Waals surface area contributed by atoms with E-state index in [0.29, 0.717) is 5.25 Å². The number of carbonyl (C=O) groups is 1. The number of carboxylic acids is 1. The number of thioether (sulfide) groups is 2. The number of hydrogen-bond acceptors (Lipinski definition) is 4. The summed E-state index contributed by atoms with van der Waals surface area (Å²) in [5.41, 5.74) is 0. The first-order valence-corrected chi connectivity index (χ1v) is 7.33. The van der Waals surface area contributed by atoms with Gasteiger partial charge in [-0.2, -0.15) is 11.8 Å². The van der Waals surface area contributed by atoms with Crippen LogP contribution in [0.2, 0.25) is 0 Å². The molecule has 5 heteroatoms. The molecule has 15 heavy (non-hydrogen) atoms. The molecule has 0 saturated carbocycles. The summed E-state index contributed by atoms with van der Waals surface area (Å²) in [6.07, 6.45) is 2.82. The first-order valence-electron chi connectivity index (χ1n) is 5.30. The number of rotatable bonds is 3. The zero-order valence-electron chi connectivity index (χ0n) is 8.61. The molecule has 1 unspecified atom stereocenters. The first-order chi connectivity index (χ1) is 7.23. The summed E-state index contributed by atoms with van der Waals surface area (Å²) in [7, 11) is 0. The fourth-order valence-electron chi connectivity index (χ4n) is 1.97. The first kappa shape index (κ1) is 11.6. The largest absolute Gasteiger partial charge is 0.480 e. The summed E-state index contributed by atoms with van der Waals surface area (Å²) in [6, 6.07) is 0. The normalized spacial score (nSPS) is 33.1. The van der Waals surface area contributed by atoms with Crippen LogP contribution >= 0.6 is 23.5 Å². The molecule has 0 bridgehead atoms. The maximum Gasteiger partial charge on any atom is 0.320 e. The minimum atomic E-state index is -0.621. The number of hydrogen-bond donors (Lipinski definition) is 1. The molecule has 2 saturated heterocycles. The highest BCUT2D eigenvalue weighted by Gasteiger charge is 2.44. The van der Waals surface area contributed by atoms with Crippen molar-refractivity contribution in [3.05, 3.63) is 0 Å². The molecular formula is C10H16O3S2. The Kier molecular flexibility index (Phi) is 3.85. The predicted octanol–water partition coefficient (Wildman–Crippen LogP) is 1.86. The number of aliphatic carboxylic acids is 1. The van der Waals surface area contributed by atoms with Gasteiger partial charge in [0, 0.05) is 24.2 Å². The highest BCUT2D eigenvalue weighted by molar-refractivity contribution is 8.05. The molecule has 2 fully saturated rings. The molecule has 0 amide bonds. The predicted molar refractivity (Wildman–Crippen MR) is 63.7 cm³/mol. The van der Waals surface area contributed by atoms with E-state index in [1.165, 1.54) is 0 Å². The average Bonchev–Trinajstić information content (AvgIpc) is 2.69. The Labute approximate surface area is 98.3 Å². The standard InChI is InChI=1S/C10H16O3S2/c11-9(12)10(3-6-14-7-10)15-8-1-4-13-5-2-8/h8H,1-7H2,(H,11,12). The molecule has 3 nitrogen and oxygen atoms in total. The van der Waals surface area contributed by atoms with Gasteiger partial charge in [-0.1, -0.05) is 0 Å². The van der Waals surface area contributed by atoms with E-state index < -0.39 is 10.7 Å². The van der Waals surface area contributed by atoms with Crippen molar-refractivity contribution in [1.29, 1.82) is 0 Å². The SMILES string of the molecule is O=C(O)C1(SC2CCOCC2)CCSC1. The van der Waals surface area contributed by atoms with Crippen LogP contribution in [0.25, 0.3) is 0 Å². The number of carboxylic acid groups (broad SMARTS) is 1. The van der Waals surface area contributed by atoms with Crippen LogP contribution in [0.15, 0.2) is 0 Å². The van der Waals surface area contributed by atoms with E-state index in [4.69, 9.17) is 4.74 Å². The van der Waals surface area contributed by atoms with Crippen LogP contribution in [0.1, 0.15) is 19.3 Å². The van der Waals surface area contributed by atoms with Gasteiger partial charge in [0.05, 0.1) is 0 Å². The second kappa shape index (κ2) is 4.97. The molecule has 2 rings (SSSR count). The van der Waals surface area contributed by atoms with E-state index in [-0.39, 0.29) is 0 Å². The zero-order chi connectivity index (χ0) is 10.7. The summed E-state index contributed by atoms with van der Waals surface area (Å²) in [5.74, 6) is 1.14. The minimum absolute atomic E-state index is 0.480. The second-order valence-electron chi connectivity index (χ2n) is 4.03. The highest BCUT2D eigenvalue weighted by atomic mass is 32.2. The van der Waals surface area contributed by atoms with Crippen LogP contribution in [-0.4, -0.2) is 45.8 Å². The Morgan fingerprint density at radius 2 is 2.20 bits per heavy atom. The minimum Gasteiger partial charge on any atom is -0.480 e. The van der Waals surface area contributed by atoms with Gasteiger partial charge >= 0.3 is 5.97 Å². The van der Waals surface area contributed by atoms with E-state index in [9.17, 15) is 9.90 Å². The Morgan fingerprint density at radius 1 is 1.47 bits per heavy atom. The summed E-state index contributed by atoms with van der Waals surface area (Å²) in [5, 5.41) is 9.81. The van der Waals surface area contributed by atoms with E-state index in [1.807, 2.05) is 0 Å². The molecule has 2 aliphatic heterocycles. The van der Waals surface area contributed by atoms with Crippen LogP contribution in [0.3, 0.4) is 0 Å². The number of ether oxygens (including phenoxy) is 1. The van der Waals surface area contributed by atoms with Crippen molar-refractivity contribution < 1.29 is 14.6 Å². The fourth-order valence-corrected chi connectivity index (χ4v) is 5.24. The Morgan fingerprint density at radius 3 is 2.73 bits per heavy atom. The van der Waals surface area contributed by atoms with Crippen LogP contribution in [0, 0.1) is 0 Å². The quantitative estimate of drug-likeness (QED) is 0.826. The van der Waals surface area contributed by atoms with Gasteiger partial charge in [0.1, 0.15) is 4.75 Å². The molecule has 2 aliphatic rings. The van der Waals surface area contributed by atoms with Gasteiger partial charge in [0.15, 0.2) is 0 Å². The van der Waals surface area contributed by atoms with E-state index in [1.54, 1.807) is 23.5 Å². The van der Waals surface area contributed by atoms with Gasteiger partial charge in [-0.15, -0.1) is 11.8 Å². The van der Waals surface area contributed by atoms with Crippen LogP contribution in [0.4, 0.5) is 0 Å². The molecule has 86 valence electrons. The van der Waals surface area contributed by atoms with Crippen molar-refractivity contribution in [2.75, 3.05) is 24.7 Å². The average molecular weight is 248 g/mol. The van der Waals surface area contributed by atoms with Crippen LogP contribution in [-0.2, 0) is 9.53 Å². The van der Waals surface area contributed by atoms with Crippen LogP contribution < -0.4 is 0 Å². The van der Waals surface area contributed by atoms with E-state index in [2.05, 4.69) is 0 Å². The van der Waals surface area contributed by atoms with Gasteiger partial charge in [-0.25, -0.2) is 0 Å². The molecule has 1 atom stereocenters. The lowest BCUT2D eigenvalue weighted by Gasteiger charge is -2.30. The molecular weight excluding hydrogens is 232 g/mol. The maximum atomic E-state index is 11.3. The third-order valence-corrected chi connectivity index (χ3v) is 6.09. The van der Waals surface area contributed by atoms with Crippen molar-refractivity contribution in [2.24, 2.45) is 0 Å². The Hall–Kier alpha value is 0.130. The molecule has 0 aromatic heterocycles. The Bertz CT molecular complexity index is 233. The van der Waals surface area contributed by atoms with Crippen LogP contribution in [0.5, 0.6) is 0 Å². The lowest BCUT2D eigenvalue weighted by molar-refractivity contribution is -0.139. The zero-order valence-corrected chi connectivity index (χ0v) is 10.2. The van der Waals surface area contributed by atoms with Gasteiger partial charge in [-0.3, -0.25) is 4.79 Å². The van der Waals surface area contributed by atoms with Gasteiger partial charge in [0.2, 0.25) is 0 Å². The van der Waals surface area contributed by atoms with Crippen molar-refractivity contribution in [1.82, 2.24) is 0 Å². The van der Waals surface area contributed by atoms with Gasteiger partial charge in [0.25, 0.3) is 0 Å². The molecule has 0 aliphatic carbocycles. The Balaban J connectivity index is 1.96. The van der Waals surface area contributed by atoms with Gasteiger partial charge in [-0.05, 0) is 25.0 Å². The molecule has 0 aromatic carbocycles. The van der Waals surface area contributed by atoms with Crippen molar-refractivity contribution in [3.8, 4) is 0 Å². The summed E-state index contributed by atoms with van der Waals surface area (Å²) < 4.78 is 4.78. The van der Waals surface area contributed by atoms with E-state index in [0.717, 1.165) is 44.0 Å². The molecule has 0 spiro atoms. The fraction of sp³-hybridized carbons (Fsp3) is 0.900. The van der Waals surface area contributed by atoms with E-state index >= 15 is 0 Å². The summed E-state index contributed by atoms with van der Waals surface area (Å²) in [6.45, 7) is 1.58. The van der Waals surface area contributed by atoms with Crippen molar-refractivity contribution in [3.63, 3.8) is 0 Å². The smallest absolute Gasteiger partial charge is 0.320 e. The molecule has 0 aromatic rings. The lowest BCUT2D eigenvalue weighted by atomic mass is 10.1. The molecule has 1 N–H and O–H groups in total. The second-order valence-corrected chi connectivity index (χ2v) is 6.82. The highest BCUT2D eigenvalue weighted by Crippen LogP contribution is 2.44. The molecule has 0 radical (unpaired) electrons. The monoisotopic (exact) mass is 248 g/mol. The van der Waals surface area contributed by atoms with Crippen molar-refractivity contribution in [2.45, 2.75) is 29.3 Å².